The summed E-state index contributed by atoms with van der Waals surface area (Å²) in [5.74, 6) is 0.0677. The van der Waals surface area contributed by atoms with Crippen LogP contribution < -0.4 is 10.2 Å². The average molecular weight is 468 g/mol. The van der Waals surface area contributed by atoms with Crippen LogP contribution >= 0.6 is 22.6 Å². The Kier molecular flexibility index (Phi) is 5.16. The Labute approximate surface area is 173 Å². The van der Waals surface area contributed by atoms with Crippen LogP contribution in [0.2, 0.25) is 0 Å². The molecule has 4 rings (SSSR count). The van der Waals surface area contributed by atoms with Gasteiger partial charge in [-0.15, -0.1) is 0 Å². The summed E-state index contributed by atoms with van der Waals surface area (Å²) in [5.41, 5.74) is 4.02. The molecule has 1 N–H and O–H groups in total. The Morgan fingerprint density at radius 1 is 0.963 bits per heavy atom. The molecule has 3 aromatic rings. The molecule has 0 fully saturated rings. The summed E-state index contributed by atoms with van der Waals surface area (Å²) in [6.45, 7) is 2.13. The summed E-state index contributed by atoms with van der Waals surface area (Å²) in [6.07, 6.45) is 0.862. The van der Waals surface area contributed by atoms with Crippen LogP contribution in [0.1, 0.15) is 35.3 Å². The number of fused-ring (bicyclic) bond motifs is 1. The van der Waals surface area contributed by atoms with E-state index in [1.807, 2.05) is 59.5 Å². The zero-order chi connectivity index (χ0) is 18.8. The van der Waals surface area contributed by atoms with Gasteiger partial charge < -0.3 is 10.2 Å². The second-order valence-corrected chi connectivity index (χ2v) is 8.02. The Morgan fingerprint density at radius 2 is 1.63 bits per heavy atom. The fourth-order valence-corrected chi connectivity index (χ4v) is 4.38. The molecule has 0 unspecified atom stereocenters. The van der Waals surface area contributed by atoms with Crippen LogP contribution in [-0.2, 0) is 0 Å². The first-order chi connectivity index (χ1) is 13.1. The zero-order valence-corrected chi connectivity index (χ0v) is 17.3. The van der Waals surface area contributed by atoms with Gasteiger partial charge in [-0.05, 0) is 71.8 Å². The SMILES string of the molecule is C[C@@H]1C[C@@H](Nc2ccccc2)c2ccccc2N1C(=O)c1ccccc1I. The summed E-state index contributed by atoms with van der Waals surface area (Å²) in [6, 6.07) is 26.5. The topological polar surface area (TPSA) is 32.3 Å². The third kappa shape index (κ3) is 3.58. The van der Waals surface area contributed by atoms with Crippen molar-refractivity contribution in [1.82, 2.24) is 0 Å². The van der Waals surface area contributed by atoms with Gasteiger partial charge in [-0.1, -0.05) is 48.5 Å². The molecule has 2 atom stereocenters. The second kappa shape index (κ2) is 7.72. The predicted octanol–water partition coefficient (Wildman–Crippen LogP) is 5.88. The summed E-state index contributed by atoms with van der Waals surface area (Å²) < 4.78 is 0.981. The number of nitrogens with zero attached hydrogens (tertiary/aromatic N) is 1. The predicted molar refractivity (Wildman–Crippen MR) is 119 cm³/mol. The zero-order valence-electron chi connectivity index (χ0n) is 15.1. The lowest BCUT2D eigenvalue weighted by Crippen LogP contribution is -2.44. The molecular formula is C23H21IN2O. The molecule has 3 aromatic carbocycles. The second-order valence-electron chi connectivity index (χ2n) is 6.86. The largest absolute Gasteiger partial charge is 0.378 e. The van der Waals surface area contributed by atoms with E-state index in [-0.39, 0.29) is 18.0 Å². The van der Waals surface area contributed by atoms with Crippen molar-refractivity contribution < 1.29 is 4.79 Å². The Bertz CT molecular complexity index is 957. The Balaban J connectivity index is 1.71. The normalized spacial score (nSPS) is 18.7. The molecule has 4 heteroatoms. The highest BCUT2D eigenvalue weighted by molar-refractivity contribution is 14.1. The van der Waals surface area contributed by atoms with Crippen LogP contribution in [0.15, 0.2) is 78.9 Å². The molecule has 0 saturated heterocycles. The quantitative estimate of drug-likeness (QED) is 0.487. The third-order valence-electron chi connectivity index (χ3n) is 5.03. The van der Waals surface area contributed by atoms with Gasteiger partial charge in [-0.25, -0.2) is 0 Å². The lowest BCUT2D eigenvalue weighted by Gasteiger charge is -2.40. The maximum Gasteiger partial charge on any atom is 0.259 e. The minimum Gasteiger partial charge on any atom is -0.378 e. The fraction of sp³-hybridized carbons (Fsp3) is 0.174. The first-order valence-electron chi connectivity index (χ1n) is 9.14. The van der Waals surface area contributed by atoms with Gasteiger partial charge >= 0.3 is 0 Å². The lowest BCUT2D eigenvalue weighted by atomic mass is 9.90. The molecule has 136 valence electrons. The molecule has 0 saturated carbocycles. The number of nitrogens with one attached hydrogen (secondary N) is 1. The number of amides is 1. The summed E-state index contributed by atoms with van der Waals surface area (Å²) in [7, 11) is 0. The van der Waals surface area contributed by atoms with Gasteiger partial charge in [0, 0.05) is 21.0 Å². The average Bonchev–Trinajstić information content (AvgIpc) is 2.69. The number of anilines is 2. The van der Waals surface area contributed by atoms with Gasteiger partial charge in [0.15, 0.2) is 0 Å². The first kappa shape index (κ1) is 18.0. The number of carbonyl (C=O) groups is 1. The van der Waals surface area contributed by atoms with Crippen molar-refractivity contribution in [3.05, 3.63) is 93.6 Å². The first-order valence-corrected chi connectivity index (χ1v) is 10.2. The standard InChI is InChI=1S/C23H21IN2O/c1-16-15-21(25-17-9-3-2-4-10-17)19-12-6-8-14-22(19)26(16)23(27)18-11-5-7-13-20(18)24/h2-14,16,21,25H,15H2,1H3/t16-,21-/m1/s1. The highest BCUT2D eigenvalue weighted by Crippen LogP contribution is 2.39. The van der Waals surface area contributed by atoms with Gasteiger partial charge in [0.1, 0.15) is 0 Å². The molecule has 0 bridgehead atoms. The van der Waals surface area contributed by atoms with Gasteiger partial charge in [0.2, 0.25) is 0 Å². The highest BCUT2D eigenvalue weighted by atomic mass is 127. The van der Waals surface area contributed by atoms with E-state index in [0.717, 1.165) is 26.9 Å². The smallest absolute Gasteiger partial charge is 0.259 e. The molecule has 1 amide bonds. The minimum atomic E-state index is 0.0677. The van der Waals surface area contributed by atoms with Crippen molar-refractivity contribution in [2.75, 3.05) is 10.2 Å². The van der Waals surface area contributed by atoms with E-state index in [2.05, 4.69) is 59.1 Å². The number of para-hydroxylation sites is 2. The van der Waals surface area contributed by atoms with Crippen molar-refractivity contribution >= 4 is 39.9 Å². The van der Waals surface area contributed by atoms with Crippen LogP contribution in [0.4, 0.5) is 11.4 Å². The number of carbonyl (C=O) groups excluding carboxylic acids is 1. The van der Waals surface area contributed by atoms with Crippen molar-refractivity contribution in [1.29, 1.82) is 0 Å². The number of hydrogen-bond donors (Lipinski definition) is 1. The fourth-order valence-electron chi connectivity index (χ4n) is 3.76. The molecule has 1 aliphatic rings. The molecule has 27 heavy (non-hydrogen) atoms. The van der Waals surface area contributed by atoms with E-state index >= 15 is 0 Å². The maximum absolute atomic E-state index is 13.4. The molecule has 0 radical (unpaired) electrons. The van der Waals surface area contributed by atoms with Gasteiger partial charge in [0.25, 0.3) is 5.91 Å². The Hall–Kier alpha value is -2.34. The molecule has 0 aromatic heterocycles. The molecular weight excluding hydrogens is 447 g/mol. The molecule has 1 aliphatic heterocycles. The van der Waals surface area contributed by atoms with Gasteiger partial charge in [-0.2, -0.15) is 0 Å². The number of benzene rings is 3. The van der Waals surface area contributed by atoms with E-state index < -0.39 is 0 Å². The Morgan fingerprint density at radius 3 is 2.41 bits per heavy atom. The minimum absolute atomic E-state index is 0.0677. The lowest BCUT2D eigenvalue weighted by molar-refractivity contribution is 0.0973. The van der Waals surface area contributed by atoms with Crippen molar-refractivity contribution in [3.63, 3.8) is 0 Å². The van der Waals surface area contributed by atoms with E-state index in [1.54, 1.807) is 0 Å². The molecule has 1 heterocycles. The van der Waals surface area contributed by atoms with Crippen molar-refractivity contribution in [2.45, 2.75) is 25.4 Å². The maximum atomic E-state index is 13.4. The van der Waals surface area contributed by atoms with Crippen LogP contribution in [0, 0.1) is 3.57 Å². The monoisotopic (exact) mass is 468 g/mol. The van der Waals surface area contributed by atoms with Gasteiger partial charge in [0.05, 0.1) is 11.6 Å². The number of halogens is 1. The van der Waals surface area contributed by atoms with E-state index in [9.17, 15) is 4.79 Å². The highest BCUT2D eigenvalue weighted by Gasteiger charge is 2.34. The molecule has 0 spiro atoms. The van der Waals surface area contributed by atoms with Gasteiger partial charge in [-0.3, -0.25) is 4.79 Å². The van der Waals surface area contributed by atoms with E-state index in [4.69, 9.17) is 0 Å². The van der Waals surface area contributed by atoms with Crippen LogP contribution in [0.25, 0.3) is 0 Å². The summed E-state index contributed by atoms with van der Waals surface area (Å²) >= 11 is 2.24. The van der Waals surface area contributed by atoms with Crippen LogP contribution in [0.5, 0.6) is 0 Å². The van der Waals surface area contributed by atoms with E-state index in [0.29, 0.717) is 0 Å². The van der Waals surface area contributed by atoms with Crippen molar-refractivity contribution in [2.24, 2.45) is 0 Å². The summed E-state index contributed by atoms with van der Waals surface area (Å²) in [5, 5.41) is 3.64. The number of hydrogen-bond acceptors (Lipinski definition) is 2. The molecule has 3 nitrogen and oxygen atoms in total. The molecule has 0 aliphatic carbocycles. The summed E-state index contributed by atoms with van der Waals surface area (Å²) in [4.78, 5) is 15.3. The van der Waals surface area contributed by atoms with Crippen LogP contribution in [0.3, 0.4) is 0 Å². The third-order valence-corrected chi connectivity index (χ3v) is 5.97. The van der Waals surface area contributed by atoms with Crippen LogP contribution in [-0.4, -0.2) is 11.9 Å². The number of rotatable bonds is 3. The van der Waals surface area contributed by atoms with E-state index in [1.165, 1.54) is 5.56 Å². The van der Waals surface area contributed by atoms with Crippen molar-refractivity contribution in [3.8, 4) is 0 Å².